The van der Waals surface area contributed by atoms with Crippen LogP contribution in [0, 0.1) is 0 Å². The van der Waals surface area contributed by atoms with Gasteiger partial charge in [-0.15, -0.1) is 0 Å². The van der Waals surface area contributed by atoms with Gasteiger partial charge in [-0.3, -0.25) is 9.69 Å². The normalized spacial score (nSPS) is 10.8. The zero-order chi connectivity index (χ0) is 15.3. The van der Waals surface area contributed by atoms with Gasteiger partial charge in [0, 0.05) is 18.3 Å². The summed E-state index contributed by atoms with van der Waals surface area (Å²) in [5.74, 6) is -0.254. The molecule has 1 rings (SSSR count). The minimum atomic E-state index is -0.956. The van der Waals surface area contributed by atoms with Gasteiger partial charge in [-0.25, -0.2) is 4.79 Å². The minimum Gasteiger partial charge on any atom is -0.497 e. The van der Waals surface area contributed by atoms with Crippen LogP contribution in [0.1, 0.15) is 20.3 Å². The molecule has 0 spiro atoms. The molecule has 0 aliphatic rings. The maximum absolute atomic E-state index is 12.1. The number of amides is 2. The van der Waals surface area contributed by atoms with Crippen LogP contribution in [-0.2, 0) is 4.79 Å². The average Bonchev–Trinajstić information content (AvgIpc) is 2.35. The van der Waals surface area contributed by atoms with Crippen molar-refractivity contribution in [2.45, 2.75) is 25.8 Å². The number of rotatable bonds is 5. The molecule has 20 heavy (non-hydrogen) atoms. The summed E-state index contributed by atoms with van der Waals surface area (Å²) < 4.78 is 5.05. The molecule has 0 aromatic heterocycles. The number of carboxylic acid groups (broad SMARTS) is 1. The molecule has 0 aliphatic heterocycles. The third-order valence-corrected chi connectivity index (χ3v) is 2.80. The summed E-state index contributed by atoms with van der Waals surface area (Å²) in [7, 11) is 3.19. The van der Waals surface area contributed by atoms with Crippen molar-refractivity contribution in [2.24, 2.45) is 0 Å². The van der Waals surface area contributed by atoms with Crippen molar-refractivity contribution in [3.8, 4) is 5.75 Å². The quantitative estimate of drug-likeness (QED) is 0.865. The number of aliphatic carboxylic acids is 1. The van der Waals surface area contributed by atoms with Gasteiger partial charge in [0.1, 0.15) is 5.75 Å². The van der Waals surface area contributed by atoms with Crippen LogP contribution < -0.4 is 15.0 Å². The number of carbonyl (C=O) groups excluding carboxylic acids is 1. The lowest BCUT2D eigenvalue weighted by Gasteiger charge is -2.28. The van der Waals surface area contributed by atoms with Gasteiger partial charge in [-0.05, 0) is 38.1 Å². The predicted molar refractivity (Wildman–Crippen MR) is 76.3 cm³/mol. The second-order valence-electron chi connectivity index (χ2n) is 5.14. The Morgan fingerprint density at radius 2 is 1.85 bits per heavy atom. The molecule has 0 heterocycles. The Labute approximate surface area is 118 Å². The summed E-state index contributed by atoms with van der Waals surface area (Å²) in [4.78, 5) is 24.2. The molecule has 0 atom stereocenters. The van der Waals surface area contributed by atoms with E-state index in [0.717, 1.165) is 0 Å². The van der Waals surface area contributed by atoms with Gasteiger partial charge in [-0.1, -0.05) is 0 Å². The summed E-state index contributed by atoms with van der Waals surface area (Å²) in [6.45, 7) is 3.34. The average molecular weight is 280 g/mol. The number of carboxylic acids is 1. The molecular formula is C14H20N2O4. The van der Waals surface area contributed by atoms with Crippen LogP contribution in [0.5, 0.6) is 5.75 Å². The molecule has 0 aliphatic carbocycles. The van der Waals surface area contributed by atoms with Crippen molar-refractivity contribution in [1.29, 1.82) is 0 Å². The van der Waals surface area contributed by atoms with Crippen LogP contribution in [0.3, 0.4) is 0 Å². The van der Waals surface area contributed by atoms with Crippen LogP contribution in [0.25, 0.3) is 0 Å². The fourth-order valence-electron chi connectivity index (χ4n) is 1.72. The van der Waals surface area contributed by atoms with E-state index in [-0.39, 0.29) is 12.5 Å². The monoisotopic (exact) mass is 280 g/mol. The van der Waals surface area contributed by atoms with Gasteiger partial charge >= 0.3 is 12.0 Å². The summed E-state index contributed by atoms with van der Waals surface area (Å²) >= 11 is 0. The Hall–Kier alpha value is -2.24. The molecule has 0 bridgehead atoms. The van der Waals surface area contributed by atoms with Crippen LogP contribution in [-0.4, -0.2) is 36.8 Å². The summed E-state index contributed by atoms with van der Waals surface area (Å²) in [5.41, 5.74) is -0.127. The largest absolute Gasteiger partial charge is 0.497 e. The van der Waals surface area contributed by atoms with E-state index in [1.807, 2.05) is 0 Å². The predicted octanol–water partition coefficient (Wildman–Crippen LogP) is 2.09. The third-order valence-electron chi connectivity index (χ3n) is 2.80. The van der Waals surface area contributed by atoms with Gasteiger partial charge in [0.25, 0.3) is 0 Å². The molecular weight excluding hydrogens is 260 g/mol. The van der Waals surface area contributed by atoms with E-state index in [2.05, 4.69) is 5.32 Å². The second kappa shape index (κ2) is 6.27. The molecule has 1 aromatic carbocycles. The van der Waals surface area contributed by atoms with Gasteiger partial charge < -0.3 is 15.2 Å². The van der Waals surface area contributed by atoms with E-state index in [4.69, 9.17) is 9.84 Å². The minimum absolute atomic E-state index is 0.144. The van der Waals surface area contributed by atoms with Gasteiger partial charge in [0.15, 0.2) is 0 Å². The zero-order valence-corrected chi connectivity index (χ0v) is 12.1. The SMILES string of the molecule is COc1ccc(N(C)C(=O)NC(C)(C)CC(=O)O)cc1. The van der Waals surface area contributed by atoms with Gasteiger partial charge in [0.2, 0.25) is 0 Å². The number of ether oxygens (including phenoxy) is 1. The summed E-state index contributed by atoms with van der Waals surface area (Å²) in [6, 6.07) is 6.65. The van der Waals surface area contributed by atoms with E-state index in [1.165, 1.54) is 4.90 Å². The lowest BCUT2D eigenvalue weighted by molar-refractivity contribution is -0.138. The number of benzene rings is 1. The maximum atomic E-state index is 12.1. The van der Waals surface area contributed by atoms with Crippen molar-refractivity contribution >= 4 is 17.7 Å². The number of hydrogen-bond donors (Lipinski definition) is 2. The topological polar surface area (TPSA) is 78.9 Å². The molecule has 6 heteroatoms. The molecule has 0 saturated carbocycles. The first-order valence-electron chi connectivity index (χ1n) is 6.17. The Bertz CT molecular complexity index is 482. The summed E-state index contributed by atoms with van der Waals surface area (Å²) in [6.07, 6.45) is -0.144. The molecule has 2 N–H and O–H groups in total. The van der Waals surface area contributed by atoms with Crippen molar-refractivity contribution < 1.29 is 19.4 Å². The van der Waals surface area contributed by atoms with E-state index in [0.29, 0.717) is 11.4 Å². The molecule has 6 nitrogen and oxygen atoms in total. The van der Waals surface area contributed by atoms with Crippen molar-refractivity contribution in [2.75, 3.05) is 19.1 Å². The summed E-state index contributed by atoms with van der Waals surface area (Å²) in [5, 5.41) is 11.5. The Morgan fingerprint density at radius 1 is 1.30 bits per heavy atom. The van der Waals surface area contributed by atoms with E-state index >= 15 is 0 Å². The van der Waals surface area contributed by atoms with Crippen molar-refractivity contribution in [1.82, 2.24) is 5.32 Å². The third kappa shape index (κ3) is 4.46. The van der Waals surface area contributed by atoms with Crippen LogP contribution in [0.15, 0.2) is 24.3 Å². The van der Waals surface area contributed by atoms with Crippen LogP contribution in [0.4, 0.5) is 10.5 Å². The number of methoxy groups -OCH3 is 1. The van der Waals surface area contributed by atoms with Gasteiger partial charge in [0.05, 0.1) is 13.5 Å². The van der Waals surface area contributed by atoms with E-state index in [1.54, 1.807) is 52.3 Å². The molecule has 0 saturated heterocycles. The maximum Gasteiger partial charge on any atom is 0.322 e. The zero-order valence-electron chi connectivity index (χ0n) is 12.1. The number of urea groups is 1. The molecule has 1 aromatic rings. The standard InChI is InChI=1S/C14H20N2O4/c1-14(2,9-12(17)18)15-13(19)16(3)10-5-7-11(20-4)8-6-10/h5-8H,9H2,1-4H3,(H,15,19)(H,17,18). The molecule has 0 fully saturated rings. The van der Waals surface area contributed by atoms with Gasteiger partial charge in [-0.2, -0.15) is 0 Å². The second-order valence-corrected chi connectivity index (χ2v) is 5.14. The van der Waals surface area contributed by atoms with Crippen LogP contribution in [0.2, 0.25) is 0 Å². The number of nitrogens with zero attached hydrogens (tertiary/aromatic N) is 1. The molecule has 0 unspecified atom stereocenters. The highest BCUT2D eigenvalue weighted by Crippen LogP contribution is 2.19. The fraction of sp³-hybridized carbons (Fsp3) is 0.429. The van der Waals surface area contributed by atoms with Crippen molar-refractivity contribution in [3.63, 3.8) is 0 Å². The molecule has 110 valence electrons. The lowest BCUT2D eigenvalue weighted by Crippen LogP contribution is -2.50. The van der Waals surface area contributed by atoms with E-state index < -0.39 is 11.5 Å². The highest BCUT2D eigenvalue weighted by atomic mass is 16.5. The molecule has 2 amide bonds. The number of carbonyl (C=O) groups is 2. The van der Waals surface area contributed by atoms with E-state index in [9.17, 15) is 9.59 Å². The fourth-order valence-corrected chi connectivity index (χ4v) is 1.72. The Kier molecular flexibility index (Phi) is 4.96. The Balaban J connectivity index is 2.73. The van der Waals surface area contributed by atoms with Crippen LogP contribution >= 0.6 is 0 Å². The number of hydrogen-bond acceptors (Lipinski definition) is 3. The number of anilines is 1. The lowest BCUT2D eigenvalue weighted by atomic mass is 10.0. The molecule has 0 radical (unpaired) electrons. The number of nitrogens with one attached hydrogen (secondary N) is 1. The highest BCUT2D eigenvalue weighted by molar-refractivity contribution is 5.92. The first-order valence-corrected chi connectivity index (χ1v) is 6.17. The highest BCUT2D eigenvalue weighted by Gasteiger charge is 2.25. The smallest absolute Gasteiger partial charge is 0.322 e. The first kappa shape index (κ1) is 15.8. The first-order chi connectivity index (χ1) is 9.25. The van der Waals surface area contributed by atoms with Crippen molar-refractivity contribution in [3.05, 3.63) is 24.3 Å². The Morgan fingerprint density at radius 3 is 2.30 bits per heavy atom.